The van der Waals surface area contributed by atoms with Crippen LogP contribution in [0.3, 0.4) is 0 Å². The Morgan fingerprint density at radius 2 is 1.95 bits per heavy atom. The number of ether oxygens (including phenoxy) is 1. The van der Waals surface area contributed by atoms with Crippen LogP contribution in [0.2, 0.25) is 0 Å². The third-order valence-corrected chi connectivity index (χ3v) is 2.45. The summed E-state index contributed by atoms with van der Waals surface area (Å²) in [6, 6.07) is 13.3. The molecule has 0 heterocycles. The lowest BCUT2D eigenvalue weighted by molar-refractivity contribution is -0.136. The zero-order valence-electron chi connectivity index (χ0n) is 9.95. The molecule has 0 atom stereocenters. The van der Waals surface area contributed by atoms with E-state index in [1.54, 1.807) is 48.5 Å². The maximum atomic E-state index is 10.6. The predicted octanol–water partition coefficient (Wildman–Crippen LogP) is 3.50. The van der Waals surface area contributed by atoms with Crippen LogP contribution in [0.4, 0.5) is 5.69 Å². The van der Waals surface area contributed by atoms with Crippen molar-refractivity contribution in [2.45, 2.75) is 6.42 Å². The standard InChI is InChI=1S/C14H11NO4/c16-14(17)9-10-4-3-5-11(8-10)19-13-7-2-1-6-12(13)15-18/h1-8H,9H2,(H,16,17). The van der Waals surface area contributed by atoms with E-state index in [9.17, 15) is 9.70 Å². The Morgan fingerprint density at radius 3 is 2.68 bits per heavy atom. The van der Waals surface area contributed by atoms with E-state index in [0.29, 0.717) is 17.1 Å². The van der Waals surface area contributed by atoms with E-state index >= 15 is 0 Å². The van der Waals surface area contributed by atoms with Gasteiger partial charge in [-0.2, -0.15) is 0 Å². The van der Waals surface area contributed by atoms with Crippen molar-refractivity contribution in [1.82, 2.24) is 0 Å². The van der Waals surface area contributed by atoms with Crippen LogP contribution in [0.1, 0.15) is 5.56 Å². The number of carboxylic acids is 1. The second-order valence-electron chi connectivity index (χ2n) is 3.88. The van der Waals surface area contributed by atoms with Crippen LogP contribution in [0.25, 0.3) is 0 Å². The highest BCUT2D eigenvalue weighted by atomic mass is 16.5. The number of carboxylic acid groups (broad SMARTS) is 1. The number of hydrogen-bond acceptors (Lipinski definition) is 4. The van der Waals surface area contributed by atoms with Gasteiger partial charge in [0.25, 0.3) is 0 Å². The highest BCUT2D eigenvalue weighted by molar-refractivity contribution is 5.70. The van der Waals surface area contributed by atoms with Crippen molar-refractivity contribution in [2.24, 2.45) is 5.18 Å². The smallest absolute Gasteiger partial charge is 0.307 e. The summed E-state index contributed by atoms with van der Waals surface area (Å²) >= 11 is 0. The molecule has 5 nitrogen and oxygen atoms in total. The van der Waals surface area contributed by atoms with Crippen LogP contribution < -0.4 is 4.74 Å². The van der Waals surface area contributed by atoms with Crippen LogP contribution in [-0.4, -0.2) is 11.1 Å². The number of benzene rings is 2. The normalized spacial score (nSPS) is 9.89. The van der Waals surface area contributed by atoms with Gasteiger partial charge in [0.2, 0.25) is 0 Å². The third kappa shape index (κ3) is 3.38. The van der Waals surface area contributed by atoms with E-state index in [-0.39, 0.29) is 12.1 Å². The van der Waals surface area contributed by atoms with Crippen LogP contribution in [0.5, 0.6) is 11.5 Å². The lowest BCUT2D eigenvalue weighted by Gasteiger charge is -2.07. The first-order valence-corrected chi connectivity index (χ1v) is 5.60. The topological polar surface area (TPSA) is 76.0 Å². The number of aliphatic carboxylic acids is 1. The molecule has 19 heavy (non-hydrogen) atoms. The molecule has 2 aromatic carbocycles. The fraction of sp³-hybridized carbons (Fsp3) is 0.0714. The molecule has 0 fully saturated rings. The molecule has 96 valence electrons. The Bertz CT molecular complexity index is 610. The Labute approximate surface area is 109 Å². The summed E-state index contributed by atoms with van der Waals surface area (Å²) in [4.78, 5) is 21.3. The van der Waals surface area contributed by atoms with E-state index in [0.717, 1.165) is 0 Å². The summed E-state index contributed by atoms with van der Waals surface area (Å²) in [5.74, 6) is -0.105. The van der Waals surface area contributed by atoms with Crippen LogP contribution in [0.15, 0.2) is 53.7 Å². The molecule has 0 aromatic heterocycles. The van der Waals surface area contributed by atoms with Crippen molar-refractivity contribution in [2.75, 3.05) is 0 Å². The molecule has 2 aromatic rings. The molecule has 0 saturated carbocycles. The summed E-state index contributed by atoms with van der Waals surface area (Å²) in [6.07, 6.45) is -0.0786. The van der Waals surface area contributed by atoms with E-state index < -0.39 is 5.97 Å². The first-order chi connectivity index (χ1) is 9.19. The van der Waals surface area contributed by atoms with E-state index in [1.165, 1.54) is 0 Å². The lowest BCUT2D eigenvalue weighted by Crippen LogP contribution is -1.99. The molecular weight excluding hydrogens is 246 g/mol. The average molecular weight is 257 g/mol. The minimum atomic E-state index is -0.910. The van der Waals surface area contributed by atoms with Gasteiger partial charge in [0.1, 0.15) is 5.75 Å². The zero-order valence-corrected chi connectivity index (χ0v) is 9.95. The van der Waals surface area contributed by atoms with Gasteiger partial charge in [-0.3, -0.25) is 4.79 Å². The van der Waals surface area contributed by atoms with Crippen LogP contribution in [0, 0.1) is 4.91 Å². The second kappa shape index (κ2) is 5.77. The molecule has 0 amide bonds. The quantitative estimate of drug-likeness (QED) is 0.831. The number of para-hydroxylation sites is 1. The molecule has 1 N–H and O–H groups in total. The summed E-state index contributed by atoms with van der Waals surface area (Å²) < 4.78 is 5.54. The molecule has 0 radical (unpaired) electrons. The Balaban J connectivity index is 2.23. The summed E-state index contributed by atoms with van der Waals surface area (Å²) in [6.45, 7) is 0. The maximum Gasteiger partial charge on any atom is 0.307 e. The minimum Gasteiger partial charge on any atom is -0.481 e. The van der Waals surface area contributed by atoms with Crippen LogP contribution >= 0.6 is 0 Å². The predicted molar refractivity (Wildman–Crippen MR) is 69.8 cm³/mol. The van der Waals surface area contributed by atoms with Crippen molar-refractivity contribution < 1.29 is 14.6 Å². The van der Waals surface area contributed by atoms with Gasteiger partial charge < -0.3 is 9.84 Å². The average Bonchev–Trinajstić information content (AvgIpc) is 2.39. The second-order valence-corrected chi connectivity index (χ2v) is 3.88. The first kappa shape index (κ1) is 12.8. The van der Waals surface area contributed by atoms with Gasteiger partial charge in [0.15, 0.2) is 11.4 Å². The molecule has 0 aliphatic heterocycles. The fourth-order valence-electron chi connectivity index (χ4n) is 1.64. The number of hydrogen-bond donors (Lipinski definition) is 1. The summed E-state index contributed by atoms with van der Waals surface area (Å²) in [7, 11) is 0. The molecule has 0 aliphatic rings. The summed E-state index contributed by atoms with van der Waals surface area (Å²) in [5.41, 5.74) is 0.827. The summed E-state index contributed by atoms with van der Waals surface area (Å²) in [5, 5.41) is 11.6. The number of carbonyl (C=O) groups is 1. The highest BCUT2D eigenvalue weighted by Gasteiger charge is 2.06. The van der Waals surface area contributed by atoms with E-state index in [4.69, 9.17) is 9.84 Å². The van der Waals surface area contributed by atoms with Crippen molar-refractivity contribution in [1.29, 1.82) is 0 Å². The fourth-order valence-corrected chi connectivity index (χ4v) is 1.64. The van der Waals surface area contributed by atoms with Crippen molar-refractivity contribution in [3.8, 4) is 11.5 Å². The molecule has 2 rings (SSSR count). The number of nitroso groups, excluding NO2 is 1. The lowest BCUT2D eigenvalue weighted by atomic mass is 10.1. The molecule has 0 saturated heterocycles. The van der Waals surface area contributed by atoms with Crippen LogP contribution in [-0.2, 0) is 11.2 Å². The monoisotopic (exact) mass is 257 g/mol. The van der Waals surface area contributed by atoms with Gasteiger partial charge in [0, 0.05) is 0 Å². The molecule has 0 bridgehead atoms. The van der Waals surface area contributed by atoms with Gasteiger partial charge in [-0.25, -0.2) is 0 Å². The molecule has 0 spiro atoms. The number of rotatable bonds is 5. The third-order valence-electron chi connectivity index (χ3n) is 2.45. The molecular formula is C14H11NO4. The van der Waals surface area contributed by atoms with Gasteiger partial charge in [-0.1, -0.05) is 24.3 Å². The van der Waals surface area contributed by atoms with Gasteiger partial charge in [-0.05, 0) is 35.0 Å². The molecule has 0 aliphatic carbocycles. The van der Waals surface area contributed by atoms with E-state index in [1.807, 2.05) is 0 Å². The number of nitrogens with zero attached hydrogens (tertiary/aromatic N) is 1. The first-order valence-electron chi connectivity index (χ1n) is 5.60. The zero-order chi connectivity index (χ0) is 13.7. The highest BCUT2D eigenvalue weighted by Crippen LogP contribution is 2.31. The Hall–Kier alpha value is -2.69. The van der Waals surface area contributed by atoms with Crippen molar-refractivity contribution >= 4 is 11.7 Å². The van der Waals surface area contributed by atoms with Crippen molar-refractivity contribution in [3.63, 3.8) is 0 Å². The van der Waals surface area contributed by atoms with Crippen molar-refractivity contribution in [3.05, 3.63) is 59.0 Å². The van der Waals surface area contributed by atoms with E-state index in [2.05, 4.69) is 5.18 Å². The minimum absolute atomic E-state index is 0.0786. The molecule has 0 unspecified atom stereocenters. The Morgan fingerprint density at radius 1 is 1.16 bits per heavy atom. The van der Waals surface area contributed by atoms with Gasteiger partial charge in [-0.15, -0.1) is 4.91 Å². The van der Waals surface area contributed by atoms with Gasteiger partial charge in [0.05, 0.1) is 6.42 Å². The SMILES string of the molecule is O=Nc1ccccc1Oc1cccc(CC(=O)O)c1. The largest absolute Gasteiger partial charge is 0.481 e. The Kier molecular flexibility index (Phi) is 3.87. The van der Waals surface area contributed by atoms with Gasteiger partial charge >= 0.3 is 5.97 Å². The maximum absolute atomic E-state index is 10.6. The molecule has 5 heteroatoms.